The van der Waals surface area contributed by atoms with E-state index < -0.39 is 57.7 Å². The summed E-state index contributed by atoms with van der Waals surface area (Å²) in [4.78, 5) is 39.9. The summed E-state index contributed by atoms with van der Waals surface area (Å²) in [7, 11) is -2.69. The van der Waals surface area contributed by atoms with Crippen LogP contribution in [0.15, 0.2) is 47.4 Å². The first-order chi connectivity index (χ1) is 19.0. The molecule has 14 heteroatoms. The minimum absolute atomic E-state index is 0.0583. The number of amides is 3. The molecule has 3 rings (SSSR count). The Kier molecular flexibility index (Phi) is 9.57. The van der Waals surface area contributed by atoms with Gasteiger partial charge >= 0.3 is 12.3 Å². The van der Waals surface area contributed by atoms with Crippen LogP contribution in [0, 0.1) is 0 Å². The molecule has 0 spiro atoms. The van der Waals surface area contributed by atoms with Gasteiger partial charge in [-0.05, 0) is 63.1 Å². The average molecular weight is 600 g/mol. The van der Waals surface area contributed by atoms with E-state index in [1.807, 2.05) is 0 Å². The number of hydrogen-bond acceptors (Lipinski definition) is 7. The van der Waals surface area contributed by atoms with Crippen molar-refractivity contribution in [2.24, 2.45) is 0 Å². The molecule has 3 amide bonds. The molecule has 0 saturated carbocycles. The van der Waals surface area contributed by atoms with Gasteiger partial charge in [-0.15, -0.1) is 0 Å². The van der Waals surface area contributed by atoms with Gasteiger partial charge in [0.25, 0.3) is 11.8 Å². The Morgan fingerprint density at radius 2 is 1.73 bits per heavy atom. The number of nitrogens with one attached hydrogen (secondary N) is 2. The van der Waals surface area contributed by atoms with Crippen LogP contribution in [0.25, 0.3) is 0 Å². The van der Waals surface area contributed by atoms with Gasteiger partial charge in [-0.2, -0.15) is 13.2 Å². The maximum atomic E-state index is 13.8. The number of ether oxygens (including phenoxy) is 2. The Morgan fingerprint density at radius 1 is 1.07 bits per heavy atom. The quantitative estimate of drug-likeness (QED) is 0.439. The summed E-state index contributed by atoms with van der Waals surface area (Å²) in [5, 5.41) is 4.73. The second-order valence-electron chi connectivity index (χ2n) is 10.4. The summed E-state index contributed by atoms with van der Waals surface area (Å²) in [5.41, 5.74) is -0.494. The standard InChI is InChI=1S/C27H32F3N3O7S/c1-26(2,3)40-25(36)32-20-16-41(37,38)22-11-8-18(23(34)31-13-5-12-27(28,29)30)14-21(22)33(24(20)35)15-17-6-9-19(39-4)10-7-17/h6-11,14,20H,5,12-13,15-16H2,1-4H3,(H,31,34)(H,32,36)/t20-/m0/s1. The Bertz CT molecular complexity index is 1390. The first kappa shape index (κ1) is 31.7. The molecule has 0 saturated heterocycles. The number of nitrogens with zero attached hydrogens (tertiary/aromatic N) is 1. The molecule has 41 heavy (non-hydrogen) atoms. The van der Waals surface area contributed by atoms with Crippen LogP contribution in [0.4, 0.5) is 23.7 Å². The normalized spacial score (nSPS) is 16.8. The van der Waals surface area contributed by atoms with Gasteiger partial charge in [0, 0.05) is 18.5 Å². The van der Waals surface area contributed by atoms with Crippen molar-refractivity contribution in [2.45, 2.75) is 62.9 Å². The van der Waals surface area contributed by atoms with E-state index >= 15 is 0 Å². The number of carbonyl (C=O) groups excluding carboxylic acids is 3. The second-order valence-corrected chi connectivity index (χ2v) is 12.4. The van der Waals surface area contributed by atoms with Gasteiger partial charge in [0.15, 0.2) is 9.84 Å². The van der Waals surface area contributed by atoms with Gasteiger partial charge < -0.3 is 25.0 Å². The van der Waals surface area contributed by atoms with Gasteiger partial charge in [0.05, 0.1) is 30.0 Å². The van der Waals surface area contributed by atoms with Gasteiger partial charge in [0.2, 0.25) is 0 Å². The van der Waals surface area contributed by atoms with E-state index in [9.17, 15) is 36.0 Å². The number of benzene rings is 2. The number of methoxy groups -OCH3 is 1. The molecule has 1 aliphatic rings. The largest absolute Gasteiger partial charge is 0.497 e. The highest BCUT2D eigenvalue weighted by molar-refractivity contribution is 7.91. The van der Waals surface area contributed by atoms with Gasteiger partial charge in [-0.3, -0.25) is 9.59 Å². The van der Waals surface area contributed by atoms with Crippen molar-refractivity contribution in [3.63, 3.8) is 0 Å². The molecule has 1 atom stereocenters. The molecule has 1 heterocycles. The maximum absolute atomic E-state index is 13.8. The van der Waals surface area contributed by atoms with Crippen LogP contribution < -0.4 is 20.3 Å². The van der Waals surface area contributed by atoms with Crippen molar-refractivity contribution in [3.05, 3.63) is 53.6 Å². The van der Waals surface area contributed by atoms with Crippen LogP contribution >= 0.6 is 0 Å². The SMILES string of the molecule is COc1ccc(CN2C(=O)[C@@H](NC(=O)OC(C)(C)C)CS(=O)(=O)c3ccc(C(=O)NCCCC(F)(F)F)cc32)cc1. The zero-order valence-corrected chi connectivity index (χ0v) is 23.8. The topological polar surface area (TPSA) is 131 Å². The third-order valence-electron chi connectivity index (χ3n) is 5.91. The molecule has 10 nitrogen and oxygen atoms in total. The first-order valence-corrected chi connectivity index (χ1v) is 14.3. The van der Waals surface area contributed by atoms with E-state index in [-0.39, 0.29) is 35.7 Å². The molecule has 0 bridgehead atoms. The average Bonchev–Trinajstić information content (AvgIpc) is 2.93. The molecule has 2 N–H and O–H groups in total. The molecule has 2 aromatic rings. The zero-order valence-electron chi connectivity index (χ0n) is 23.0. The van der Waals surface area contributed by atoms with E-state index in [4.69, 9.17) is 9.47 Å². The van der Waals surface area contributed by atoms with Crippen molar-refractivity contribution in [1.29, 1.82) is 0 Å². The number of sulfone groups is 1. The molecule has 0 radical (unpaired) electrons. The number of hydrogen-bond donors (Lipinski definition) is 2. The summed E-state index contributed by atoms with van der Waals surface area (Å²) in [6.07, 6.45) is -6.77. The number of carbonyl (C=O) groups is 3. The lowest BCUT2D eigenvalue weighted by Crippen LogP contribution is -2.51. The Labute approximate surface area is 236 Å². The van der Waals surface area contributed by atoms with Crippen LogP contribution in [0.1, 0.15) is 49.5 Å². The molecular formula is C27H32F3N3O7S. The highest BCUT2D eigenvalue weighted by atomic mass is 32.2. The van der Waals surface area contributed by atoms with E-state index in [1.54, 1.807) is 45.0 Å². The molecular weight excluding hydrogens is 567 g/mol. The summed E-state index contributed by atoms with van der Waals surface area (Å²) in [5.74, 6) is -1.72. The third kappa shape index (κ3) is 8.84. The summed E-state index contributed by atoms with van der Waals surface area (Å²) in [6, 6.07) is 8.69. The fraction of sp³-hybridized carbons (Fsp3) is 0.444. The molecule has 224 valence electrons. The highest BCUT2D eigenvalue weighted by Crippen LogP contribution is 2.33. The predicted octanol–water partition coefficient (Wildman–Crippen LogP) is 3.98. The van der Waals surface area contributed by atoms with Crippen molar-refractivity contribution < 1.29 is 45.4 Å². The van der Waals surface area contributed by atoms with Gasteiger partial charge in [-0.25, -0.2) is 13.2 Å². The fourth-order valence-corrected chi connectivity index (χ4v) is 5.65. The number of alkyl halides is 3. The van der Waals surface area contributed by atoms with Crippen molar-refractivity contribution in [1.82, 2.24) is 10.6 Å². The van der Waals surface area contributed by atoms with Crippen molar-refractivity contribution in [3.8, 4) is 5.75 Å². The van der Waals surface area contributed by atoms with Crippen LogP contribution in [0.3, 0.4) is 0 Å². The number of halogens is 3. The molecule has 2 aromatic carbocycles. The lowest BCUT2D eigenvalue weighted by Gasteiger charge is -2.27. The smallest absolute Gasteiger partial charge is 0.408 e. The van der Waals surface area contributed by atoms with E-state index in [0.717, 1.165) is 4.90 Å². The van der Waals surface area contributed by atoms with Gasteiger partial charge in [0.1, 0.15) is 17.4 Å². The van der Waals surface area contributed by atoms with Gasteiger partial charge in [-0.1, -0.05) is 12.1 Å². The van der Waals surface area contributed by atoms with Crippen LogP contribution in [0.5, 0.6) is 5.75 Å². The second kappa shape index (κ2) is 12.4. The van der Waals surface area contributed by atoms with Crippen molar-refractivity contribution in [2.75, 3.05) is 24.3 Å². The summed E-state index contributed by atoms with van der Waals surface area (Å²) >= 11 is 0. The lowest BCUT2D eigenvalue weighted by molar-refractivity contribution is -0.135. The zero-order chi connectivity index (χ0) is 30.6. The number of fused-ring (bicyclic) bond motifs is 1. The molecule has 1 aliphatic heterocycles. The first-order valence-electron chi connectivity index (χ1n) is 12.6. The maximum Gasteiger partial charge on any atom is 0.408 e. The van der Waals surface area contributed by atoms with Crippen LogP contribution in [0.2, 0.25) is 0 Å². The number of rotatable bonds is 8. The third-order valence-corrected chi connectivity index (χ3v) is 7.70. The molecule has 0 unspecified atom stereocenters. The van der Waals surface area contributed by atoms with Crippen LogP contribution in [-0.4, -0.2) is 63.6 Å². The predicted molar refractivity (Wildman–Crippen MR) is 143 cm³/mol. The van der Waals surface area contributed by atoms with E-state index in [2.05, 4.69) is 10.6 Å². The summed E-state index contributed by atoms with van der Waals surface area (Å²) in [6.45, 7) is 4.44. The van der Waals surface area contributed by atoms with E-state index in [1.165, 1.54) is 25.3 Å². The number of alkyl carbamates (subject to hydrolysis) is 1. The minimum atomic E-state index is -4.37. The number of anilines is 1. The molecule has 0 aliphatic carbocycles. The van der Waals surface area contributed by atoms with Crippen molar-refractivity contribution >= 4 is 33.4 Å². The van der Waals surface area contributed by atoms with E-state index in [0.29, 0.717) is 11.3 Å². The Morgan fingerprint density at radius 3 is 2.32 bits per heavy atom. The molecule has 0 aromatic heterocycles. The van der Waals surface area contributed by atoms with Crippen LogP contribution in [-0.2, 0) is 25.9 Å². The lowest BCUT2D eigenvalue weighted by atomic mass is 10.1. The highest BCUT2D eigenvalue weighted by Gasteiger charge is 2.39. The fourth-order valence-electron chi connectivity index (χ4n) is 4.04. The summed E-state index contributed by atoms with van der Waals surface area (Å²) < 4.78 is 74.5. The Hall–Kier alpha value is -3.81. The monoisotopic (exact) mass is 599 g/mol. The molecule has 0 fully saturated rings. The minimum Gasteiger partial charge on any atom is -0.497 e. The Balaban J connectivity index is 1.99.